The third-order valence-electron chi connectivity index (χ3n) is 4.99. The standard InChI is InChI=1S/C22H32ClN5O3/c1-22(2,3)31-21(29)28-10-6-8-17(14-28)19(16-7-5-9-18(23)13-16)30-12-11-27(4)20(25)26-15-24/h5,7,9,13,17,19H,6,8,10-12,14H2,1-4H3,(H2,25,26). The molecule has 0 radical (unpaired) electrons. The fourth-order valence-corrected chi connectivity index (χ4v) is 3.70. The number of carbonyl (C=O) groups excluding carboxylic acids is 1. The van der Waals surface area contributed by atoms with E-state index in [0.29, 0.717) is 31.3 Å². The van der Waals surface area contributed by atoms with Gasteiger partial charge in [0.05, 0.1) is 12.7 Å². The second-order valence-corrected chi connectivity index (χ2v) is 9.10. The van der Waals surface area contributed by atoms with Gasteiger partial charge in [0.1, 0.15) is 5.60 Å². The number of benzene rings is 1. The molecule has 1 aliphatic rings. The third kappa shape index (κ3) is 7.93. The van der Waals surface area contributed by atoms with Gasteiger partial charge in [-0.3, -0.25) is 0 Å². The van der Waals surface area contributed by atoms with Gasteiger partial charge in [0.2, 0.25) is 12.2 Å². The predicted molar refractivity (Wildman–Crippen MR) is 121 cm³/mol. The molecular formula is C22H32ClN5O3. The van der Waals surface area contributed by atoms with E-state index in [1.54, 1.807) is 23.0 Å². The number of aliphatic imine (C=N–C) groups is 1. The fourth-order valence-electron chi connectivity index (χ4n) is 3.51. The second kappa shape index (κ2) is 11.2. The van der Waals surface area contributed by atoms with Crippen LogP contribution in [0.2, 0.25) is 5.02 Å². The zero-order valence-electron chi connectivity index (χ0n) is 18.7. The first kappa shape index (κ1) is 24.8. The number of carbonyl (C=O) groups is 1. The number of amides is 1. The Balaban J connectivity index is 2.12. The Morgan fingerprint density at radius 2 is 2.23 bits per heavy atom. The molecule has 1 aromatic rings. The molecule has 2 unspecified atom stereocenters. The molecule has 2 atom stereocenters. The molecule has 1 aromatic carbocycles. The van der Waals surface area contributed by atoms with E-state index in [0.717, 1.165) is 18.4 Å². The van der Waals surface area contributed by atoms with E-state index in [1.807, 2.05) is 45.0 Å². The molecule has 8 nitrogen and oxygen atoms in total. The summed E-state index contributed by atoms with van der Waals surface area (Å²) in [5, 5.41) is 9.29. The van der Waals surface area contributed by atoms with Gasteiger partial charge < -0.3 is 25.0 Å². The Kier molecular flexibility index (Phi) is 8.96. The largest absolute Gasteiger partial charge is 0.444 e. The topological polar surface area (TPSA) is 104 Å². The Labute approximate surface area is 189 Å². The van der Waals surface area contributed by atoms with Gasteiger partial charge in [-0.15, -0.1) is 4.99 Å². The summed E-state index contributed by atoms with van der Waals surface area (Å²) in [5.41, 5.74) is 6.17. The Bertz CT molecular complexity index is 818. The minimum atomic E-state index is -0.539. The van der Waals surface area contributed by atoms with Crippen LogP contribution >= 0.6 is 11.6 Å². The van der Waals surface area contributed by atoms with E-state index in [1.165, 1.54) is 0 Å². The van der Waals surface area contributed by atoms with Crippen LogP contribution in [0, 0.1) is 17.4 Å². The lowest BCUT2D eigenvalue weighted by atomic mass is 9.88. The van der Waals surface area contributed by atoms with Crippen LogP contribution in [0.5, 0.6) is 0 Å². The molecule has 9 heteroatoms. The SMILES string of the molecule is CN(CCOC(c1cccc(Cl)c1)C1CCCN(C(=O)OC(C)(C)C)C1)C(N)=NC#N. The lowest BCUT2D eigenvalue weighted by Crippen LogP contribution is -2.44. The van der Waals surface area contributed by atoms with E-state index in [-0.39, 0.29) is 24.1 Å². The van der Waals surface area contributed by atoms with Crippen LogP contribution in [0.4, 0.5) is 4.79 Å². The van der Waals surface area contributed by atoms with Gasteiger partial charge in [-0.1, -0.05) is 23.7 Å². The lowest BCUT2D eigenvalue weighted by molar-refractivity contribution is -0.0272. The maximum atomic E-state index is 12.6. The Morgan fingerprint density at radius 1 is 1.48 bits per heavy atom. The first-order chi connectivity index (χ1) is 14.6. The Hall–Kier alpha value is -2.50. The quantitative estimate of drug-likeness (QED) is 0.402. The maximum Gasteiger partial charge on any atom is 0.410 e. The number of nitrogens with zero attached hydrogens (tertiary/aromatic N) is 4. The van der Waals surface area contributed by atoms with Crippen molar-refractivity contribution >= 4 is 23.7 Å². The first-order valence-electron chi connectivity index (χ1n) is 10.4. The number of guanidine groups is 1. The average Bonchev–Trinajstić information content (AvgIpc) is 2.70. The monoisotopic (exact) mass is 449 g/mol. The maximum absolute atomic E-state index is 12.6. The summed E-state index contributed by atoms with van der Waals surface area (Å²) in [4.78, 5) is 19.5. The molecule has 0 aromatic heterocycles. The van der Waals surface area contributed by atoms with Gasteiger partial charge in [-0.05, 0) is 51.3 Å². The highest BCUT2D eigenvalue weighted by Gasteiger charge is 2.33. The number of piperidine rings is 1. The minimum absolute atomic E-state index is 0.0927. The third-order valence-corrected chi connectivity index (χ3v) is 5.23. The highest BCUT2D eigenvalue weighted by Crippen LogP contribution is 2.34. The summed E-state index contributed by atoms with van der Waals surface area (Å²) >= 11 is 6.23. The summed E-state index contributed by atoms with van der Waals surface area (Å²) in [6.07, 6.45) is 2.92. The zero-order chi connectivity index (χ0) is 23.0. The summed E-state index contributed by atoms with van der Waals surface area (Å²) in [6, 6.07) is 7.60. The molecule has 0 saturated carbocycles. The molecule has 1 heterocycles. The van der Waals surface area contributed by atoms with Crippen molar-refractivity contribution in [3.63, 3.8) is 0 Å². The van der Waals surface area contributed by atoms with Crippen LogP contribution in [-0.4, -0.2) is 60.7 Å². The normalized spacial score (nSPS) is 18.3. The highest BCUT2D eigenvalue weighted by atomic mass is 35.5. The molecule has 0 bridgehead atoms. The summed E-state index contributed by atoms with van der Waals surface area (Å²) in [7, 11) is 1.75. The molecule has 1 aliphatic heterocycles. The van der Waals surface area contributed by atoms with E-state index < -0.39 is 5.60 Å². The van der Waals surface area contributed by atoms with Crippen molar-refractivity contribution < 1.29 is 14.3 Å². The zero-order valence-corrected chi connectivity index (χ0v) is 19.4. The van der Waals surface area contributed by atoms with Crippen LogP contribution in [0.15, 0.2) is 29.3 Å². The number of hydrogen-bond acceptors (Lipinski definition) is 5. The minimum Gasteiger partial charge on any atom is -0.444 e. The highest BCUT2D eigenvalue weighted by molar-refractivity contribution is 6.30. The van der Waals surface area contributed by atoms with Crippen molar-refractivity contribution in [3.05, 3.63) is 34.9 Å². The van der Waals surface area contributed by atoms with Crippen molar-refractivity contribution in [1.82, 2.24) is 9.80 Å². The van der Waals surface area contributed by atoms with Gasteiger partial charge >= 0.3 is 6.09 Å². The predicted octanol–water partition coefficient (Wildman–Crippen LogP) is 3.77. The van der Waals surface area contributed by atoms with Crippen molar-refractivity contribution in [2.24, 2.45) is 16.6 Å². The van der Waals surface area contributed by atoms with Gasteiger partial charge in [-0.2, -0.15) is 5.26 Å². The van der Waals surface area contributed by atoms with E-state index >= 15 is 0 Å². The van der Waals surface area contributed by atoms with Gasteiger partial charge in [-0.25, -0.2) is 4.79 Å². The average molecular weight is 450 g/mol. The fraction of sp³-hybridized carbons (Fsp3) is 0.591. The molecule has 0 aliphatic carbocycles. The number of ether oxygens (including phenoxy) is 2. The molecular weight excluding hydrogens is 418 g/mol. The summed E-state index contributed by atoms with van der Waals surface area (Å²) < 4.78 is 11.8. The second-order valence-electron chi connectivity index (χ2n) is 8.67. The Morgan fingerprint density at radius 3 is 2.87 bits per heavy atom. The molecule has 31 heavy (non-hydrogen) atoms. The molecule has 1 fully saturated rings. The number of likely N-dealkylation sites (N-methyl/N-ethyl adjacent to an activating group) is 1. The number of halogens is 1. The molecule has 2 N–H and O–H groups in total. The van der Waals surface area contributed by atoms with Crippen LogP contribution in [-0.2, 0) is 9.47 Å². The first-order valence-corrected chi connectivity index (χ1v) is 10.8. The van der Waals surface area contributed by atoms with Crippen molar-refractivity contribution in [2.45, 2.75) is 45.3 Å². The van der Waals surface area contributed by atoms with Crippen molar-refractivity contribution in [3.8, 4) is 6.19 Å². The molecule has 2 rings (SSSR count). The number of likely N-dealkylation sites (tertiary alicyclic amines) is 1. The van der Waals surface area contributed by atoms with Gasteiger partial charge in [0.25, 0.3) is 0 Å². The van der Waals surface area contributed by atoms with E-state index in [2.05, 4.69) is 4.99 Å². The van der Waals surface area contributed by atoms with Gasteiger partial charge in [0, 0.05) is 37.6 Å². The van der Waals surface area contributed by atoms with Crippen molar-refractivity contribution in [1.29, 1.82) is 5.26 Å². The lowest BCUT2D eigenvalue weighted by Gasteiger charge is -2.37. The van der Waals surface area contributed by atoms with E-state index in [9.17, 15) is 4.79 Å². The van der Waals surface area contributed by atoms with Crippen LogP contribution in [0.25, 0.3) is 0 Å². The van der Waals surface area contributed by atoms with Crippen molar-refractivity contribution in [2.75, 3.05) is 33.3 Å². The number of nitrogens with two attached hydrogens (primary N) is 1. The number of hydrogen-bond donors (Lipinski definition) is 1. The summed E-state index contributed by atoms with van der Waals surface area (Å²) in [5.74, 6) is 0.231. The van der Waals surface area contributed by atoms with Crippen LogP contribution < -0.4 is 5.73 Å². The molecule has 1 saturated heterocycles. The van der Waals surface area contributed by atoms with Crippen LogP contribution in [0.1, 0.15) is 45.3 Å². The smallest absolute Gasteiger partial charge is 0.410 e. The molecule has 170 valence electrons. The molecule has 1 amide bonds. The number of rotatable bonds is 6. The van der Waals surface area contributed by atoms with Crippen LogP contribution in [0.3, 0.4) is 0 Å². The van der Waals surface area contributed by atoms with Gasteiger partial charge in [0.15, 0.2) is 0 Å². The molecule has 0 spiro atoms. The number of nitriles is 1. The van der Waals surface area contributed by atoms with E-state index in [4.69, 9.17) is 32.1 Å². The summed E-state index contributed by atoms with van der Waals surface area (Å²) in [6.45, 7) is 7.64.